The van der Waals surface area contributed by atoms with Gasteiger partial charge < -0.3 is 5.32 Å². The molecule has 2 rings (SSSR count). The Hall–Kier alpha value is -1.19. The van der Waals surface area contributed by atoms with E-state index in [1.54, 1.807) is 6.07 Å². The summed E-state index contributed by atoms with van der Waals surface area (Å²) in [4.78, 5) is 0. The third-order valence-electron chi connectivity index (χ3n) is 3.20. The average Bonchev–Trinajstić information content (AvgIpc) is 2.39. The van der Waals surface area contributed by atoms with Crippen molar-refractivity contribution < 1.29 is 4.39 Å². The SMILES string of the molecule is CCc1cccc(C(NC)c2cc(F)cc(Br)c2)c1. The van der Waals surface area contributed by atoms with E-state index in [0.29, 0.717) is 0 Å². The molecule has 19 heavy (non-hydrogen) atoms. The van der Waals surface area contributed by atoms with E-state index in [1.165, 1.54) is 11.6 Å². The van der Waals surface area contributed by atoms with Gasteiger partial charge in [0.15, 0.2) is 0 Å². The van der Waals surface area contributed by atoms with Crippen molar-refractivity contribution in [1.29, 1.82) is 0 Å². The van der Waals surface area contributed by atoms with Gasteiger partial charge >= 0.3 is 0 Å². The molecule has 1 unspecified atom stereocenters. The van der Waals surface area contributed by atoms with Gasteiger partial charge in [-0.3, -0.25) is 0 Å². The summed E-state index contributed by atoms with van der Waals surface area (Å²) in [7, 11) is 1.89. The number of halogens is 2. The predicted octanol–water partition coefficient (Wildman–Crippen LogP) is 4.46. The van der Waals surface area contributed by atoms with Crippen LogP contribution in [-0.2, 0) is 6.42 Å². The number of benzene rings is 2. The van der Waals surface area contributed by atoms with Gasteiger partial charge in [0, 0.05) is 4.47 Å². The normalized spacial score (nSPS) is 12.4. The van der Waals surface area contributed by atoms with E-state index in [-0.39, 0.29) is 11.9 Å². The van der Waals surface area contributed by atoms with Crippen LogP contribution in [-0.4, -0.2) is 7.05 Å². The van der Waals surface area contributed by atoms with Crippen molar-refractivity contribution in [2.24, 2.45) is 0 Å². The first-order valence-electron chi connectivity index (χ1n) is 6.36. The molecule has 1 N–H and O–H groups in total. The number of nitrogens with one attached hydrogen (secondary N) is 1. The van der Waals surface area contributed by atoms with Crippen LogP contribution in [0.1, 0.15) is 29.7 Å². The highest BCUT2D eigenvalue weighted by molar-refractivity contribution is 9.10. The van der Waals surface area contributed by atoms with Crippen LogP contribution in [0.5, 0.6) is 0 Å². The number of aryl methyl sites for hydroxylation is 1. The molecule has 0 heterocycles. The van der Waals surface area contributed by atoms with E-state index in [9.17, 15) is 4.39 Å². The summed E-state index contributed by atoms with van der Waals surface area (Å²) < 4.78 is 14.3. The molecule has 0 amide bonds. The maximum absolute atomic E-state index is 13.5. The minimum absolute atomic E-state index is 0.00139. The van der Waals surface area contributed by atoms with Crippen molar-refractivity contribution in [2.45, 2.75) is 19.4 Å². The average molecular weight is 322 g/mol. The Balaban J connectivity index is 2.43. The van der Waals surface area contributed by atoms with Crippen LogP contribution < -0.4 is 5.32 Å². The first-order chi connectivity index (χ1) is 9.13. The second-order valence-corrected chi connectivity index (χ2v) is 5.44. The van der Waals surface area contributed by atoms with Crippen LogP contribution in [0.15, 0.2) is 46.9 Å². The van der Waals surface area contributed by atoms with Crippen molar-refractivity contribution in [3.8, 4) is 0 Å². The van der Waals surface area contributed by atoms with Gasteiger partial charge in [0.1, 0.15) is 5.82 Å². The van der Waals surface area contributed by atoms with Crippen LogP contribution in [0.3, 0.4) is 0 Å². The standard InChI is InChI=1S/C16H17BrFN/c1-3-11-5-4-6-12(7-11)16(19-2)13-8-14(17)10-15(18)9-13/h4-10,16,19H,3H2,1-2H3. The number of hydrogen-bond acceptors (Lipinski definition) is 1. The predicted molar refractivity (Wildman–Crippen MR) is 80.8 cm³/mol. The lowest BCUT2D eigenvalue weighted by Gasteiger charge is -2.18. The van der Waals surface area contributed by atoms with Crippen molar-refractivity contribution in [2.75, 3.05) is 7.05 Å². The van der Waals surface area contributed by atoms with Gasteiger partial charge in [-0.15, -0.1) is 0 Å². The minimum Gasteiger partial charge on any atom is -0.309 e. The summed E-state index contributed by atoms with van der Waals surface area (Å²) >= 11 is 3.34. The first-order valence-corrected chi connectivity index (χ1v) is 7.15. The summed E-state index contributed by atoms with van der Waals surface area (Å²) in [5.41, 5.74) is 3.36. The monoisotopic (exact) mass is 321 g/mol. The summed E-state index contributed by atoms with van der Waals surface area (Å²) in [5, 5.41) is 3.25. The highest BCUT2D eigenvalue weighted by Gasteiger charge is 2.13. The first kappa shape index (κ1) is 14.2. The number of rotatable bonds is 4. The molecule has 0 fully saturated rings. The molecular weight excluding hydrogens is 305 g/mol. The lowest BCUT2D eigenvalue weighted by molar-refractivity contribution is 0.615. The number of hydrogen-bond donors (Lipinski definition) is 1. The Labute approximate surface area is 122 Å². The fourth-order valence-corrected chi connectivity index (χ4v) is 2.74. The lowest BCUT2D eigenvalue weighted by atomic mass is 9.96. The molecular formula is C16H17BrFN. The molecule has 0 aliphatic carbocycles. The molecule has 2 aromatic rings. The van der Waals surface area contributed by atoms with Gasteiger partial charge in [-0.25, -0.2) is 4.39 Å². The highest BCUT2D eigenvalue weighted by Crippen LogP contribution is 2.26. The second-order valence-electron chi connectivity index (χ2n) is 4.52. The zero-order valence-electron chi connectivity index (χ0n) is 11.1. The van der Waals surface area contributed by atoms with E-state index in [1.807, 2.05) is 19.2 Å². The summed E-state index contributed by atoms with van der Waals surface area (Å²) in [5.74, 6) is -0.226. The maximum Gasteiger partial charge on any atom is 0.124 e. The summed E-state index contributed by atoms with van der Waals surface area (Å²) in [6.45, 7) is 2.13. The Bertz CT molecular complexity index is 548. The Morgan fingerprint density at radius 3 is 2.58 bits per heavy atom. The zero-order valence-corrected chi connectivity index (χ0v) is 12.7. The van der Waals surface area contributed by atoms with Gasteiger partial charge in [0.2, 0.25) is 0 Å². The van der Waals surface area contributed by atoms with Crippen molar-refractivity contribution in [3.05, 3.63) is 69.4 Å². The topological polar surface area (TPSA) is 12.0 Å². The van der Waals surface area contributed by atoms with E-state index < -0.39 is 0 Å². The Morgan fingerprint density at radius 1 is 1.16 bits per heavy atom. The van der Waals surface area contributed by atoms with Crippen LogP contribution >= 0.6 is 15.9 Å². The molecule has 3 heteroatoms. The van der Waals surface area contributed by atoms with Gasteiger partial charge in [-0.1, -0.05) is 47.1 Å². The summed E-state index contributed by atoms with van der Waals surface area (Å²) in [6, 6.07) is 13.4. The zero-order chi connectivity index (χ0) is 13.8. The molecule has 0 aliphatic rings. The van der Waals surface area contributed by atoms with Gasteiger partial charge in [-0.05, 0) is 48.4 Å². The van der Waals surface area contributed by atoms with Crippen molar-refractivity contribution >= 4 is 15.9 Å². The molecule has 0 aliphatic heterocycles. The van der Waals surface area contributed by atoms with Crippen LogP contribution in [0.2, 0.25) is 0 Å². The quantitative estimate of drug-likeness (QED) is 0.876. The fraction of sp³-hybridized carbons (Fsp3) is 0.250. The van der Waals surface area contributed by atoms with E-state index in [0.717, 1.165) is 22.0 Å². The molecule has 100 valence electrons. The van der Waals surface area contributed by atoms with E-state index >= 15 is 0 Å². The molecule has 2 aromatic carbocycles. The van der Waals surface area contributed by atoms with Gasteiger partial charge in [0.25, 0.3) is 0 Å². The van der Waals surface area contributed by atoms with Crippen molar-refractivity contribution in [3.63, 3.8) is 0 Å². The smallest absolute Gasteiger partial charge is 0.124 e. The molecule has 0 saturated carbocycles. The third kappa shape index (κ3) is 3.43. The molecule has 0 radical (unpaired) electrons. The van der Waals surface area contributed by atoms with Crippen LogP contribution in [0, 0.1) is 5.82 Å². The highest BCUT2D eigenvalue weighted by atomic mass is 79.9. The lowest BCUT2D eigenvalue weighted by Crippen LogP contribution is -2.18. The molecule has 0 spiro atoms. The third-order valence-corrected chi connectivity index (χ3v) is 3.66. The van der Waals surface area contributed by atoms with E-state index in [2.05, 4.69) is 46.4 Å². The van der Waals surface area contributed by atoms with Crippen LogP contribution in [0.25, 0.3) is 0 Å². The van der Waals surface area contributed by atoms with Gasteiger partial charge in [0.05, 0.1) is 6.04 Å². The van der Waals surface area contributed by atoms with Crippen LogP contribution in [0.4, 0.5) is 4.39 Å². The summed E-state index contributed by atoms with van der Waals surface area (Å²) in [6.07, 6.45) is 0.997. The fourth-order valence-electron chi connectivity index (χ4n) is 2.26. The maximum atomic E-state index is 13.5. The van der Waals surface area contributed by atoms with E-state index in [4.69, 9.17) is 0 Å². The van der Waals surface area contributed by atoms with Gasteiger partial charge in [-0.2, -0.15) is 0 Å². The Kier molecular flexibility index (Phi) is 4.72. The second kappa shape index (κ2) is 6.31. The molecule has 0 aromatic heterocycles. The largest absolute Gasteiger partial charge is 0.309 e. The molecule has 1 atom stereocenters. The molecule has 0 saturated heterocycles. The van der Waals surface area contributed by atoms with Crippen molar-refractivity contribution in [1.82, 2.24) is 5.32 Å². The molecule has 0 bridgehead atoms. The minimum atomic E-state index is -0.226. The Morgan fingerprint density at radius 2 is 1.95 bits per heavy atom. The molecule has 1 nitrogen and oxygen atoms in total.